The molecule has 2 heterocycles. The number of hydrogen-bond acceptors (Lipinski definition) is 5. The second-order valence-corrected chi connectivity index (χ2v) is 5.32. The molecule has 0 unspecified atom stereocenters. The molecule has 98 valence electrons. The third-order valence-electron chi connectivity index (χ3n) is 3.29. The summed E-state index contributed by atoms with van der Waals surface area (Å²) in [5.41, 5.74) is 0.991. The standard InChI is InChI=1S/C12H20N6/c1-9-6-10(13-7-12(2,3)17(4)5)18-11(16-9)14-8-15-18/h6,8,13H,7H2,1-5H3. The van der Waals surface area contributed by atoms with E-state index in [0.717, 1.165) is 18.1 Å². The maximum absolute atomic E-state index is 4.31. The van der Waals surface area contributed by atoms with Gasteiger partial charge in [0.1, 0.15) is 12.1 Å². The lowest BCUT2D eigenvalue weighted by Crippen LogP contribution is -2.44. The number of likely N-dealkylation sites (N-methyl/N-ethyl adjacent to an activating group) is 1. The Morgan fingerprint density at radius 3 is 2.78 bits per heavy atom. The molecule has 0 aromatic carbocycles. The molecule has 0 saturated carbocycles. The number of aromatic nitrogens is 4. The molecule has 2 aromatic rings. The van der Waals surface area contributed by atoms with Gasteiger partial charge in [-0.25, -0.2) is 4.98 Å². The molecule has 2 aromatic heterocycles. The molecule has 0 aliphatic heterocycles. The van der Waals surface area contributed by atoms with E-state index in [1.165, 1.54) is 6.33 Å². The van der Waals surface area contributed by atoms with Crippen LogP contribution < -0.4 is 5.32 Å². The molecule has 1 N–H and O–H groups in total. The molecule has 0 bridgehead atoms. The van der Waals surface area contributed by atoms with Crippen LogP contribution in [0.3, 0.4) is 0 Å². The van der Waals surface area contributed by atoms with Crippen LogP contribution in [0, 0.1) is 6.92 Å². The quantitative estimate of drug-likeness (QED) is 0.880. The SMILES string of the molecule is Cc1cc(NCC(C)(C)N(C)C)n2ncnc2n1. The van der Waals surface area contributed by atoms with Crippen LogP contribution in [-0.4, -0.2) is 50.7 Å². The van der Waals surface area contributed by atoms with Gasteiger partial charge in [0.2, 0.25) is 0 Å². The number of hydrogen-bond donors (Lipinski definition) is 1. The highest BCUT2D eigenvalue weighted by atomic mass is 15.4. The zero-order valence-corrected chi connectivity index (χ0v) is 11.6. The number of nitrogens with one attached hydrogen (secondary N) is 1. The summed E-state index contributed by atoms with van der Waals surface area (Å²) < 4.78 is 1.72. The molecule has 2 rings (SSSR count). The molecular formula is C12H20N6. The highest BCUT2D eigenvalue weighted by molar-refractivity contribution is 5.44. The molecule has 6 heteroatoms. The van der Waals surface area contributed by atoms with Crippen LogP contribution in [0.15, 0.2) is 12.4 Å². The van der Waals surface area contributed by atoms with E-state index in [-0.39, 0.29) is 5.54 Å². The highest BCUT2D eigenvalue weighted by Crippen LogP contribution is 2.14. The van der Waals surface area contributed by atoms with Gasteiger partial charge in [0.15, 0.2) is 0 Å². The summed E-state index contributed by atoms with van der Waals surface area (Å²) >= 11 is 0. The summed E-state index contributed by atoms with van der Waals surface area (Å²) in [6.07, 6.45) is 1.52. The van der Waals surface area contributed by atoms with Crippen LogP contribution >= 0.6 is 0 Å². The maximum atomic E-state index is 4.31. The van der Waals surface area contributed by atoms with E-state index in [0.29, 0.717) is 5.78 Å². The molecular weight excluding hydrogens is 228 g/mol. The predicted octanol–water partition coefficient (Wildman–Crippen LogP) is 1.18. The van der Waals surface area contributed by atoms with Gasteiger partial charge >= 0.3 is 0 Å². The fourth-order valence-corrected chi connectivity index (χ4v) is 1.52. The molecule has 6 nitrogen and oxygen atoms in total. The molecule has 0 atom stereocenters. The third kappa shape index (κ3) is 2.43. The van der Waals surface area contributed by atoms with Crippen molar-refractivity contribution in [1.82, 2.24) is 24.5 Å². The van der Waals surface area contributed by atoms with Crippen LogP contribution in [0.5, 0.6) is 0 Å². The van der Waals surface area contributed by atoms with Gasteiger partial charge in [-0.15, -0.1) is 0 Å². The second kappa shape index (κ2) is 4.53. The van der Waals surface area contributed by atoms with Crippen LogP contribution in [0.25, 0.3) is 5.78 Å². The smallest absolute Gasteiger partial charge is 0.254 e. The van der Waals surface area contributed by atoms with E-state index in [1.807, 2.05) is 13.0 Å². The van der Waals surface area contributed by atoms with Gasteiger partial charge < -0.3 is 10.2 Å². The van der Waals surface area contributed by atoms with Gasteiger partial charge in [0.05, 0.1) is 0 Å². The topological polar surface area (TPSA) is 58.4 Å². The Hall–Kier alpha value is -1.69. The minimum atomic E-state index is 0.0596. The Kier molecular flexibility index (Phi) is 3.21. The first-order valence-corrected chi connectivity index (χ1v) is 5.99. The van der Waals surface area contributed by atoms with Crippen LogP contribution in [-0.2, 0) is 0 Å². The Labute approximate surface area is 107 Å². The number of nitrogens with zero attached hydrogens (tertiary/aromatic N) is 5. The van der Waals surface area contributed by atoms with Crippen molar-refractivity contribution in [3.8, 4) is 0 Å². The lowest BCUT2D eigenvalue weighted by Gasteiger charge is -2.33. The number of aryl methyl sites for hydroxylation is 1. The Balaban J connectivity index is 2.24. The third-order valence-corrected chi connectivity index (χ3v) is 3.29. The van der Waals surface area contributed by atoms with Gasteiger partial charge in [-0.2, -0.15) is 14.6 Å². The average Bonchev–Trinajstić information content (AvgIpc) is 2.73. The summed E-state index contributed by atoms with van der Waals surface area (Å²) in [4.78, 5) is 10.6. The molecule has 0 amide bonds. The Bertz CT molecular complexity index is 542. The molecule has 0 spiro atoms. The van der Waals surface area contributed by atoms with E-state index in [4.69, 9.17) is 0 Å². The average molecular weight is 248 g/mol. The fraction of sp³-hybridized carbons (Fsp3) is 0.583. The van der Waals surface area contributed by atoms with Crippen molar-refractivity contribution >= 4 is 11.6 Å². The van der Waals surface area contributed by atoms with E-state index >= 15 is 0 Å². The van der Waals surface area contributed by atoms with Crippen molar-refractivity contribution in [2.75, 3.05) is 26.0 Å². The number of rotatable bonds is 4. The monoisotopic (exact) mass is 248 g/mol. The summed E-state index contributed by atoms with van der Waals surface area (Å²) in [5, 5.41) is 7.59. The molecule has 0 aliphatic carbocycles. The summed E-state index contributed by atoms with van der Waals surface area (Å²) in [5.74, 6) is 1.55. The Morgan fingerprint density at radius 2 is 2.11 bits per heavy atom. The van der Waals surface area contributed by atoms with Crippen LogP contribution in [0.2, 0.25) is 0 Å². The zero-order chi connectivity index (χ0) is 13.3. The molecule has 0 saturated heterocycles. The van der Waals surface area contributed by atoms with E-state index in [2.05, 4.69) is 53.2 Å². The van der Waals surface area contributed by atoms with Gasteiger partial charge in [-0.3, -0.25) is 0 Å². The molecule has 0 radical (unpaired) electrons. The first kappa shape index (κ1) is 12.8. The fourth-order valence-electron chi connectivity index (χ4n) is 1.52. The van der Waals surface area contributed by atoms with Crippen molar-refractivity contribution < 1.29 is 0 Å². The lowest BCUT2D eigenvalue weighted by atomic mass is 10.0. The lowest BCUT2D eigenvalue weighted by molar-refractivity contribution is 0.210. The molecule has 0 aliphatic rings. The summed E-state index contributed by atoms with van der Waals surface area (Å²) in [6.45, 7) is 7.15. The van der Waals surface area contributed by atoms with Crippen molar-refractivity contribution in [3.63, 3.8) is 0 Å². The van der Waals surface area contributed by atoms with Crippen LogP contribution in [0.1, 0.15) is 19.5 Å². The first-order chi connectivity index (χ1) is 8.40. The van der Waals surface area contributed by atoms with E-state index in [1.54, 1.807) is 4.52 Å². The second-order valence-electron chi connectivity index (χ2n) is 5.32. The largest absolute Gasteiger partial charge is 0.368 e. The van der Waals surface area contributed by atoms with Crippen molar-refractivity contribution in [3.05, 3.63) is 18.1 Å². The number of anilines is 1. The first-order valence-electron chi connectivity index (χ1n) is 5.99. The summed E-state index contributed by atoms with van der Waals surface area (Å²) in [6, 6.07) is 1.98. The highest BCUT2D eigenvalue weighted by Gasteiger charge is 2.20. The minimum absolute atomic E-state index is 0.0596. The predicted molar refractivity (Wildman–Crippen MR) is 71.8 cm³/mol. The van der Waals surface area contributed by atoms with Gasteiger partial charge in [0.25, 0.3) is 5.78 Å². The van der Waals surface area contributed by atoms with Gasteiger partial charge in [0, 0.05) is 23.8 Å². The maximum Gasteiger partial charge on any atom is 0.254 e. The summed E-state index contributed by atoms with van der Waals surface area (Å²) in [7, 11) is 4.15. The van der Waals surface area contributed by atoms with E-state index in [9.17, 15) is 0 Å². The zero-order valence-electron chi connectivity index (χ0n) is 11.6. The molecule has 18 heavy (non-hydrogen) atoms. The number of fused-ring (bicyclic) bond motifs is 1. The van der Waals surface area contributed by atoms with Crippen molar-refractivity contribution in [2.24, 2.45) is 0 Å². The van der Waals surface area contributed by atoms with Crippen molar-refractivity contribution in [2.45, 2.75) is 26.3 Å². The van der Waals surface area contributed by atoms with Crippen LogP contribution in [0.4, 0.5) is 5.82 Å². The van der Waals surface area contributed by atoms with Crippen molar-refractivity contribution in [1.29, 1.82) is 0 Å². The molecule has 0 fully saturated rings. The minimum Gasteiger partial charge on any atom is -0.368 e. The Morgan fingerprint density at radius 1 is 1.39 bits per heavy atom. The van der Waals surface area contributed by atoms with E-state index < -0.39 is 0 Å². The van der Waals surface area contributed by atoms with Gasteiger partial charge in [-0.05, 0) is 34.9 Å². The van der Waals surface area contributed by atoms with Gasteiger partial charge in [-0.1, -0.05) is 0 Å². The normalized spacial score (nSPS) is 12.3.